The van der Waals surface area contributed by atoms with Crippen molar-refractivity contribution in [1.82, 2.24) is 25.3 Å². The van der Waals surface area contributed by atoms with E-state index in [1.165, 1.54) is 3.70 Å². The number of hydrogen-bond donors (Lipinski definition) is 2. The number of halogens is 1. The molecular weight excluding hydrogens is 489 g/mol. The molecule has 3 heterocycles. The van der Waals surface area contributed by atoms with Gasteiger partial charge in [0.05, 0.1) is 20.4 Å². The molecule has 8 heteroatoms. The predicted octanol–water partition coefficient (Wildman–Crippen LogP) is 1.36. The molecule has 0 fully saturated rings. The Morgan fingerprint density at radius 1 is 1.17 bits per heavy atom. The summed E-state index contributed by atoms with van der Waals surface area (Å²) >= 11 is -0.381. The number of hydrazine groups is 1. The minimum atomic E-state index is -0.381. The summed E-state index contributed by atoms with van der Waals surface area (Å²) in [6.45, 7) is 0. The highest BCUT2D eigenvalue weighted by atomic mass is 127. The van der Waals surface area contributed by atoms with Crippen LogP contribution in [0.4, 0.5) is 5.82 Å². The van der Waals surface area contributed by atoms with Gasteiger partial charge in [0, 0.05) is 48.3 Å². The summed E-state index contributed by atoms with van der Waals surface area (Å²) < 4.78 is 3.46. The second-order valence-corrected chi connectivity index (χ2v) is 9.20. The van der Waals surface area contributed by atoms with Crippen LogP contribution in [0.5, 0.6) is 0 Å². The van der Waals surface area contributed by atoms with Gasteiger partial charge >= 0.3 is 0 Å². The first-order valence-corrected chi connectivity index (χ1v) is 11.9. The van der Waals surface area contributed by atoms with Gasteiger partial charge in [-0.15, -0.1) is 0 Å². The van der Waals surface area contributed by atoms with E-state index in [-0.39, 0.29) is 20.7 Å². The molecule has 2 aromatic heterocycles. The van der Waals surface area contributed by atoms with Crippen LogP contribution >= 0.6 is 20.7 Å². The molecule has 2 aromatic rings. The van der Waals surface area contributed by atoms with Crippen molar-refractivity contribution in [2.75, 3.05) is 26.0 Å². The summed E-state index contributed by atoms with van der Waals surface area (Å²) in [4.78, 5) is 16.1. The van der Waals surface area contributed by atoms with Gasteiger partial charge in [0.15, 0.2) is 5.82 Å². The van der Waals surface area contributed by atoms with Gasteiger partial charge in [-0.25, -0.2) is 15.8 Å². The van der Waals surface area contributed by atoms with Gasteiger partial charge in [-0.1, -0.05) is 39.0 Å². The second kappa shape index (κ2) is 8.88. The zero-order valence-corrected chi connectivity index (χ0v) is 19.3. The normalized spacial score (nSPS) is 15.1. The Labute approximate surface area is 185 Å². The van der Waals surface area contributed by atoms with Crippen LogP contribution in [0.3, 0.4) is 0 Å². The van der Waals surface area contributed by atoms with Crippen LogP contribution in [0.15, 0.2) is 57.9 Å². The van der Waals surface area contributed by atoms with Crippen molar-refractivity contribution in [2.45, 2.75) is 6.42 Å². The van der Waals surface area contributed by atoms with Crippen LogP contribution in [0, 0.1) is 0 Å². The van der Waals surface area contributed by atoms with E-state index in [1.807, 2.05) is 26.2 Å². The van der Waals surface area contributed by atoms with Gasteiger partial charge in [-0.3, -0.25) is 4.98 Å². The van der Waals surface area contributed by atoms with Crippen molar-refractivity contribution in [1.29, 1.82) is 0 Å². The summed E-state index contributed by atoms with van der Waals surface area (Å²) in [5.74, 6) is 7.60. The molecule has 2 aliphatic rings. The molecule has 0 bridgehead atoms. The van der Waals surface area contributed by atoms with E-state index < -0.39 is 0 Å². The van der Waals surface area contributed by atoms with E-state index in [1.54, 1.807) is 17.4 Å². The fourth-order valence-corrected chi connectivity index (χ4v) is 5.75. The molecular formula is C22H24IN7. The quantitative estimate of drug-likeness (QED) is 0.271. The van der Waals surface area contributed by atoms with E-state index in [2.05, 4.69) is 56.6 Å². The number of rotatable bonds is 5. The largest absolute Gasteiger partial charge is 0.386 e. The van der Waals surface area contributed by atoms with Gasteiger partial charge < -0.3 is 15.2 Å². The molecule has 0 saturated heterocycles. The molecule has 3 N–H and O–H groups in total. The third-order valence-electron chi connectivity index (χ3n) is 4.84. The zero-order valence-electron chi connectivity index (χ0n) is 17.2. The third-order valence-corrected chi connectivity index (χ3v) is 7.41. The van der Waals surface area contributed by atoms with Crippen LogP contribution in [0.1, 0.15) is 6.42 Å². The SMILES string of the molecule is CNC1=C(N(C)N)C=IC(N(C)c2nc(-c3ccncc3)nc3c2=CC=CCC=3)=C1. The molecule has 0 spiro atoms. The number of likely N-dealkylation sites (N-methyl/N-ethyl adjacent to an activating group) is 1. The maximum Gasteiger partial charge on any atom is 0.162 e. The summed E-state index contributed by atoms with van der Waals surface area (Å²) in [6, 6.07) is 3.88. The number of aromatic nitrogens is 3. The van der Waals surface area contributed by atoms with E-state index in [0.29, 0.717) is 5.82 Å². The lowest BCUT2D eigenvalue weighted by Crippen LogP contribution is -2.36. The zero-order chi connectivity index (χ0) is 21.1. The average molecular weight is 513 g/mol. The van der Waals surface area contributed by atoms with Crippen LogP contribution in [0.25, 0.3) is 23.5 Å². The minimum absolute atomic E-state index is 0.381. The summed E-state index contributed by atoms with van der Waals surface area (Å²) in [6.07, 6.45) is 15.0. The first-order valence-electron chi connectivity index (χ1n) is 9.56. The Hall–Kier alpha value is -2.85. The van der Waals surface area contributed by atoms with Crippen LogP contribution in [-0.2, 0) is 0 Å². The molecule has 1 aliphatic heterocycles. The summed E-state index contributed by atoms with van der Waals surface area (Å²) in [5, 5.41) is 6.90. The molecule has 0 atom stereocenters. The fraction of sp³-hybridized carbons (Fsp3) is 0.182. The number of anilines is 1. The second-order valence-electron chi connectivity index (χ2n) is 6.84. The summed E-state index contributed by atoms with van der Waals surface area (Å²) in [7, 11) is 5.85. The Kier molecular flexibility index (Phi) is 6.05. The average Bonchev–Trinajstić information content (AvgIpc) is 3.03. The van der Waals surface area contributed by atoms with Crippen LogP contribution in [-0.4, -0.2) is 45.1 Å². The number of nitrogens with two attached hydrogens (primary N) is 1. The van der Waals surface area contributed by atoms with Crippen molar-refractivity contribution >= 4 is 42.7 Å². The Morgan fingerprint density at radius 2 is 1.97 bits per heavy atom. The minimum Gasteiger partial charge on any atom is -0.386 e. The first-order chi connectivity index (χ1) is 14.6. The smallest absolute Gasteiger partial charge is 0.162 e. The number of fused-ring (bicyclic) bond motifs is 1. The van der Waals surface area contributed by atoms with Crippen molar-refractivity contribution in [3.05, 3.63) is 68.4 Å². The van der Waals surface area contributed by atoms with Crippen LogP contribution in [0.2, 0.25) is 0 Å². The fourth-order valence-electron chi connectivity index (χ4n) is 3.23. The molecule has 0 saturated carbocycles. The Balaban J connectivity index is 1.88. The van der Waals surface area contributed by atoms with Crippen molar-refractivity contribution in [3.8, 4) is 11.4 Å². The molecule has 0 aromatic carbocycles. The van der Waals surface area contributed by atoms with E-state index in [0.717, 1.165) is 39.8 Å². The highest BCUT2D eigenvalue weighted by molar-refractivity contribution is 14.2. The number of hydrogen-bond acceptors (Lipinski definition) is 7. The lowest BCUT2D eigenvalue weighted by atomic mass is 10.2. The third kappa shape index (κ3) is 4.05. The highest BCUT2D eigenvalue weighted by Crippen LogP contribution is 2.28. The number of allylic oxidation sites excluding steroid dienone is 4. The summed E-state index contributed by atoms with van der Waals surface area (Å²) in [5.41, 5.74) is 2.97. The lowest BCUT2D eigenvalue weighted by molar-refractivity contribution is 0.460. The molecule has 7 nitrogen and oxygen atoms in total. The van der Waals surface area contributed by atoms with Gasteiger partial charge in [0.1, 0.15) is 5.82 Å². The Bertz CT molecular complexity index is 1190. The molecule has 0 amide bonds. The molecule has 0 unspecified atom stereocenters. The molecule has 30 heavy (non-hydrogen) atoms. The maximum absolute atomic E-state index is 6.00. The Morgan fingerprint density at radius 3 is 2.70 bits per heavy atom. The van der Waals surface area contributed by atoms with Crippen molar-refractivity contribution < 1.29 is 0 Å². The standard InChI is InChI=1S/C22H24IN7/c1-25-18-13-20(23-14-19(18)30(3)24)29(2)22-16-7-5-4-6-8-17(16)27-21(28-22)15-9-11-26-12-10-15/h4-5,7-14,25H,6,24H2,1-3H3. The molecule has 1 aliphatic carbocycles. The lowest BCUT2D eigenvalue weighted by Gasteiger charge is -2.25. The van der Waals surface area contributed by atoms with Crippen molar-refractivity contribution in [2.24, 2.45) is 5.84 Å². The van der Waals surface area contributed by atoms with Crippen molar-refractivity contribution in [3.63, 3.8) is 0 Å². The van der Waals surface area contributed by atoms with Gasteiger partial charge in [0.25, 0.3) is 0 Å². The molecule has 154 valence electrons. The van der Waals surface area contributed by atoms with Gasteiger partial charge in [-0.2, -0.15) is 0 Å². The number of pyridine rings is 1. The molecule has 4 rings (SSSR count). The van der Waals surface area contributed by atoms with E-state index in [9.17, 15) is 0 Å². The van der Waals surface area contributed by atoms with Gasteiger partial charge in [-0.05, 0) is 30.7 Å². The maximum atomic E-state index is 6.00. The predicted molar refractivity (Wildman–Crippen MR) is 132 cm³/mol. The monoisotopic (exact) mass is 513 g/mol. The van der Waals surface area contributed by atoms with E-state index >= 15 is 0 Å². The number of nitrogens with zero attached hydrogens (tertiary/aromatic N) is 5. The topological polar surface area (TPSA) is 83.2 Å². The molecule has 0 radical (unpaired) electrons. The van der Waals surface area contributed by atoms with Gasteiger partial charge in [0.2, 0.25) is 0 Å². The van der Waals surface area contributed by atoms with Crippen LogP contribution < -0.4 is 26.6 Å². The highest BCUT2D eigenvalue weighted by Gasteiger charge is 2.17. The first kappa shape index (κ1) is 20.4. The number of nitrogens with one attached hydrogen (secondary N) is 1. The van der Waals surface area contributed by atoms with E-state index in [4.69, 9.17) is 15.8 Å².